The van der Waals surface area contributed by atoms with Crippen molar-refractivity contribution < 1.29 is 9.31 Å². The fourth-order valence-electron chi connectivity index (χ4n) is 2.63. The van der Waals surface area contributed by atoms with Crippen molar-refractivity contribution in [2.75, 3.05) is 6.54 Å². The zero-order valence-corrected chi connectivity index (χ0v) is 13.5. The largest absolute Gasteiger partial charge is 0.494 e. The van der Waals surface area contributed by atoms with E-state index in [-0.39, 0.29) is 30.7 Å². The lowest BCUT2D eigenvalue weighted by Crippen LogP contribution is -2.41. The lowest BCUT2D eigenvalue weighted by molar-refractivity contribution is 0.00578. The Labute approximate surface area is 128 Å². The van der Waals surface area contributed by atoms with Gasteiger partial charge in [-0.1, -0.05) is 18.2 Å². The van der Waals surface area contributed by atoms with Crippen LogP contribution in [0.25, 0.3) is 0 Å². The number of hydrogen-bond acceptors (Lipinski definition) is 3. The average molecular weight is 296 g/mol. The Balaban J connectivity index is 0.00000147. The van der Waals surface area contributed by atoms with Gasteiger partial charge in [-0.15, -0.1) is 12.4 Å². The highest BCUT2D eigenvalue weighted by Gasteiger charge is 2.51. The average Bonchev–Trinajstić information content (AvgIpc) is 2.58. The van der Waals surface area contributed by atoms with Crippen LogP contribution >= 0.6 is 12.4 Å². The predicted octanol–water partition coefficient (Wildman–Crippen LogP) is 2.05. The summed E-state index contributed by atoms with van der Waals surface area (Å²) in [6.07, 6.45) is 1.11. The van der Waals surface area contributed by atoms with E-state index >= 15 is 0 Å². The molecule has 0 unspecified atom stereocenters. The molecule has 2 aliphatic heterocycles. The molecule has 1 N–H and O–H groups in total. The Hall–Kier alpha value is -0.545. The van der Waals surface area contributed by atoms with E-state index in [9.17, 15) is 0 Å². The zero-order chi connectivity index (χ0) is 13.7. The number of hydrogen-bond donors (Lipinski definition) is 1. The molecule has 0 atom stereocenters. The number of benzene rings is 1. The number of rotatable bonds is 1. The Bertz CT molecular complexity index is 489. The molecule has 1 aromatic rings. The molecule has 0 aliphatic carbocycles. The maximum Gasteiger partial charge on any atom is 0.494 e. The summed E-state index contributed by atoms with van der Waals surface area (Å²) in [5, 5.41) is 3.41. The Morgan fingerprint density at radius 1 is 1.05 bits per heavy atom. The number of fused-ring (bicyclic) bond motifs is 1. The lowest BCUT2D eigenvalue weighted by Gasteiger charge is -2.32. The van der Waals surface area contributed by atoms with Gasteiger partial charge >= 0.3 is 7.12 Å². The van der Waals surface area contributed by atoms with E-state index < -0.39 is 0 Å². The second-order valence-electron chi connectivity index (χ2n) is 6.54. The minimum atomic E-state index is -0.272. The molecule has 2 heterocycles. The van der Waals surface area contributed by atoms with Gasteiger partial charge in [0.25, 0.3) is 0 Å². The van der Waals surface area contributed by atoms with Crippen LogP contribution in [0.15, 0.2) is 18.2 Å². The second kappa shape index (κ2) is 5.34. The van der Waals surface area contributed by atoms with E-state index in [0.29, 0.717) is 0 Å². The van der Waals surface area contributed by atoms with Crippen molar-refractivity contribution >= 4 is 25.0 Å². The lowest BCUT2D eigenvalue weighted by atomic mass is 9.77. The minimum Gasteiger partial charge on any atom is -0.399 e. The van der Waals surface area contributed by atoms with Crippen molar-refractivity contribution in [2.45, 2.75) is 51.9 Å². The normalized spacial score (nSPS) is 23.1. The SMILES string of the molecule is CC1(C)OB(c2ccc3c(c2)CNCC3)OC1(C)C.Cl. The van der Waals surface area contributed by atoms with Crippen molar-refractivity contribution in [3.8, 4) is 0 Å². The molecule has 0 saturated carbocycles. The summed E-state index contributed by atoms with van der Waals surface area (Å²) >= 11 is 0. The van der Waals surface area contributed by atoms with Crippen molar-refractivity contribution in [3.05, 3.63) is 29.3 Å². The van der Waals surface area contributed by atoms with Crippen LogP contribution in [0, 0.1) is 0 Å². The van der Waals surface area contributed by atoms with Gasteiger partial charge in [0.1, 0.15) is 0 Å². The first-order chi connectivity index (χ1) is 8.89. The van der Waals surface area contributed by atoms with Gasteiger partial charge in [-0.2, -0.15) is 0 Å². The summed E-state index contributed by atoms with van der Waals surface area (Å²) in [5.41, 5.74) is 3.40. The molecule has 1 saturated heterocycles. The van der Waals surface area contributed by atoms with Crippen molar-refractivity contribution in [1.29, 1.82) is 0 Å². The molecule has 0 amide bonds. The smallest absolute Gasteiger partial charge is 0.399 e. The van der Waals surface area contributed by atoms with E-state index in [0.717, 1.165) is 25.0 Å². The van der Waals surface area contributed by atoms with E-state index in [1.54, 1.807) is 0 Å². The molecule has 1 aromatic carbocycles. The van der Waals surface area contributed by atoms with Crippen LogP contribution in [0.1, 0.15) is 38.8 Å². The van der Waals surface area contributed by atoms with Gasteiger partial charge in [-0.05, 0) is 57.3 Å². The van der Waals surface area contributed by atoms with Crippen LogP contribution in [-0.4, -0.2) is 24.9 Å². The second-order valence-corrected chi connectivity index (χ2v) is 6.54. The molecule has 0 bridgehead atoms. The Morgan fingerprint density at radius 3 is 2.35 bits per heavy atom. The van der Waals surface area contributed by atoms with Gasteiger partial charge < -0.3 is 14.6 Å². The van der Waals surface area contributed by atoms with E-state index in [2.05, 4.69) is 51.2 Å². The summed E-state index contributed by atoms with van der Waals surface area (Å²) in [6, 6.07) is 6.59. The highest BCUT2D eigenvalue weighted by Crippen LogP contribution is 2.36. The fraction of sp³-hybridized carbons (Fsp3) is 0.600. The molecule has 0 aromatic heterocycles. The quantitative estimate of drug-likeness (QED) is 0.805. The zero-order valence-electron chi connectivity index (χ0n) is 12.7. The summed E-state index contributed by atoms with van der Waals surface area (Å²) in [7, 11) is -0.253. The summed E-state index contributed by atoms with van der Waals surface area (Å²) in [6.45, 7) is 10.4. The van der Waals surface area contributed by atoms with Gasteiger partial charge in [-0.3, -0.25) is 0 Å². The van der Waals surface area contributed by atoms with Crippen LogP contribution in [0.3, 0.4) is 0 Å². The van der Waals surface area contributed by atoms with Gasteiger partial charge in [-0.25, -0.2) is 0 Å². The highest BCUT2D eigenvalue weighted by atomic mass is 35.5. The third-order valence-electron chi connectivity index (χ3n) is 4.64. The third-order valence-corrected chi connectivity index (χ3v) is 4.64. The van der Waals surface area contributed by atoms with E-state index in [1.165, 1.54) is 11.1 Å². The van der Waals surface area contributed by atoms with Crippen molar-refractivity contribution in [3.63, 3.8) is 0 Å². The Morgan fingerprint density at radius 2 is 1.70 bits per heavy atom. The van der Waals surface area contributed by atoms with E-state index in [1.807, 2.05) is 0 Å². The summed E-state index contributed by atoms with van der Waals surface area (Å²) in [5.74, 6) is 0. The standard InChI is InChI=1S/C15H22BNO2.ClH/c1-14(2)15(3,4)19-16(18-14)13-6-5-11-7-8-17-10-12(11)9-13;/h5-6,9,17H,7-8,10H2,1-4H3;1H. The van der Waals surface area contributed by atoms with Gasteiger partial charge in [0.2, 0.25) is 0 Å². The first kappa shape index (κ1) is 15.8. The molecule has 0 radical (unpaired) electrons. The summed E-state index contributed by atoms with van der Waals surface area (Å²) < 4.78 is 12.2. The van der Waals surface area contributed by atoms with Crippen LogP contribution in [0.2, 0.25) is 0 Å². The van der Waals surface area contributed by atoms with Gasteiger partial charge in [0.15, 0.2) is 0 Å². The van der Waals surface area contributed by atoms with Crippen LogP contribution in [0.4, 0.5) is 0 Å². The molecule has 20 heavy (non-hydrogen) atoms. The van der Waals surface area contributed by atoms with E-state index in [4.69, 9.17) is 9.31 Å². The van der Waals surface area contributed by atoms with Gasteiger partial charge in [0.05, 0.1) is 11.2 Å². The number of nitrogens with one attached hydrogen (secondary N) is 1. The maximum absolute atomic E-state index is 6.10. The fourth-order valence-corrected chi connectivity index (χ4v) is 2.63. The molecular weight excluding hydrogens is 272 g/mol. The van der Waals surface area contributed by atoms with Crippen molar-refractivity contribution in [2.24, 2.45) is 0 Å². The topological polar surface area (TPSA) is 30.5 Å². The number of halogens is 1. The molecule has 3 nitrogen and oxygen atoms in total. The molecule has 2 aliphatic rings. The van der Waals surface area contributed by atoms with Gasteiger partial charge in [0, 0.05) is 6.54 Å². The molecule has 110 valence electrons. The molecule has 3 rings (SSSR count). The van der Waals surface area contributed by atoms with Crippen LogP contribution in [0.5, 0.6) is 0 Å². The Kier molecular flexibility index (Phi) is 4.23. The molecular formula is C15H23BClNO2. The monoisotopic (exact) mass is 295 g/mol. The first-order valence-electron chi connectivity index (χ1n) is 7.07. The van der Waals surface area contributed by atoms with Crippen molar-refractivity contribution in [1.82, 2.24) is 5.32 Å². The first-order valence-corrected chi connectivity index (χ1v) is 7.07. The highest BCUT2D eigenvalue weighted by molar-refractivity contribution is 6.62. The minimum absolute atomic E-state index is 0. The molecule has 0 spiro atoms. The summed E-state index contributed by atoms with van der Waals surface area (Å²) in [4.78, 5) is 0. The maximum atomic E-state index is 6.10. The predicted molar refractivity (Wildman–Crippen MR) is 84.8 cm³/mol. The third kappa shape index (κ3) is 2.62. The molecule has 1 fully saturated rings. The van der Waals surface area contributed by atoms with Crippen LogP contribution < -0.4 is 10.8 Å². The van der Waals surface area contributed by atoms with Crippen LogP contribution in [-0.2, 0) is 22.3 Å². The molecule has 5 heteroatoms.